The van der Waals surface area contributed by atoms with Crippen LogP contribution in [-0.2, 0) is 0 Å². The molecule has 4 heteroatoms. The van der Waals surface area contributed by atoms with Gasteiger partial charge in [-0.05, 0) is 23.3 Å². The summed E-state index contributed by atoms with van der Waals surface area (Å²) in [5.74, 6) is 1.05. The number of aliphatic imine (C=N–C) groups is 1. The molecular formula is C16H16ClN3. The van der Waals surface area contributed by atoms with Crippen LogP contribution in [0.2, 0.25) is 5.02 Å². The Morgan fingerprint density at radius 1 is 0.950 bits per heavy atom. The maximum absolute atomic E-state index is 5.99. The molecular weight excluding hydrogens is 270 g/mol. The van der Waals surface area contributed by atoms with Crippen LogP contribution in [0.4, 0.5) is 0 Å². The molecule has 0 bridgehead atoms. The lowest BCUT2D eigenvalue weighted by Crippen LogP contribution is -2.45. The Morgan fingerprint density at radius 3 is 2.30 bits per heavy atom. The smallest absolute Gasteiger partial charge is 0.123 e. The Hall–Kier alpha value is -1.84. The fraction of sp³-hybridized carbons (Fsp3) is 0.188. The SMILES string of the molecule is Clc1ccc([C@@H](C2=NCCNN2)c2ccccc2)cc1. The van der Waals surface area contributed by atoms with Crippen molar-refractivity contribution in [3.8, 4) is 0 Å². The fourth-order valence-electron chi connectivity index (χ4n) is 2.40. The van der Waals surface area contributed by atoms with E-state index in [0.29, 0.717) is 0 Å². The van der Waals surface area contributed by atoms with Gasteiger partial charge < -0.3 is 5.43 Å². The largest absolute Gasteiger partial charge is 0.309 e. The number of hydrogen-bond donors (Lipinski definition) is 2. The number of hydrazine groups is 1. The first-order valence-corrected chi connectivity index (χ1v) is 7.06. The Morgan fingerprint density at radius 2 is 1.65 bits per heavy atom. The van der Waals surface area contributed by atoms with Crippen molar-refractivity contribution in [2.24, 2.45) is 4.99 Å². The summed E-state index contributed by atoms with van der Waals surface area (Å²) in [5, 5.41) is 0.747. The van der Waals surface area contributed by atoms with Gasteiger partial charge in [0.1, 0.15) is 5.84 Å². The van der Waals surface area contributed by atoms with Gasteiger partial charge in [-0.15, -0.1) is 0 Å². The maximum Gasteiger partial charge on any atom is 0.123 e. The van der Waals surface area contributed by atoms with E-state index in [4.69, 9.17) is 11.6 Å². The topological polar surface area (TPSA) is 36.4 Å². The first-order chi connectivity index (χ1) is 9.84. The molecule has 0 aliphatic carbocycles. The highest BCUT2D eigenvalue weighted by molar-refractivity contribution is 6.30. The van der Waals surface area contributed by atoms with Gasteiger partial charge in [0.15, 0.2) is 0 Å². The number of nitrogens with zero attached hydrogens (tertiary/aromatic N) is 1. The summed E-state index contributed by atoms with van der Waals surface area (Å²) in [6.45, 7) is 1.64. The minimum atomic E-state index is 0.0984. The molecule has 3 nitrogen and oxygen atoms in total. The van der Waals surface area contributed by atoms with E-state index in [-0.39, 0.29) is 5.92 Å². The molecule has 0 aromatic heterocycles. The number of nitrogens with one attached hydrogen (secondary N) is 2. The fourth-order valence-corrected chi connectivity index (χ4v) is 2.52. The Bertz CT molecular complexity index is 593. The van der Waals surface area contributed by atoms with E-state index < -0.39 is 0 Å². The second-order valence-corrected chi connectivity index (χ2v) is 5.15. The molecule has 0 unspecified atom stereocenters. The summed E-state index contributed by atoms with van der Waals surface area (Å²) in [5.41, 5.74) is 8.75. The molecule has 1 aliphatic heterocycles. The van der Waals surface area contributed by atoms with Gasteiger partial charge in [-0.3, -0.25) is 4.99 Å². The first-order valence-electron chi connectivity index (χ1n) is 6.68. The minimum absolute atomic E-state index is 0.0984. The van der Waals surface area contributed by atoms with E-state index in [2.05, 4.69) is 52.2 Å². The van der Waals surface area contributed by atoms with Crippen LogP contribution in [0.25, 0.3) is 0 Å². The van der Waals surface area contributed by atoms with Crippen molar-refractivity contribution >= 4 is 17.4 Å². The third-order valence-corrected chi connectivity index (χ3v) is 3.60. The van der Waals surface area contributed by atoms with Crippen LogP contribution in [0.1, 0.15) is 17.0 Å². The van der Waals surface area contributed by atoms with Crippen molar-refractivity contribution < 1.29 is 0 Å². The molecule has 2 N–H and O–H groups in total. The lowest BCUT2D eigenvalue weighted by Gasteiger charge is -2.24. The molecule has 0 radical (unpaired) electrons. The lowest BCUT2D eigenvalue weighted by molar-refractivity contribution is 0.612. The number of benzene rings is 2. The van der Waals surface area contributed by atoms with Gasteiger partial charge in [-0.1, -0.05) is 54.1 Å². The molecule has 0 saturated carbocycles. The normalized spacial score (nSPS) is 16.1. The zero-order chi connectivity index (χ0) is 13.8. The lowest BCUT2D eigenvalue weighted by atomic mass is 9.90. The Kier molecular flexibility index (Phi) is 4.00. The van der Waals surface area contributed by atoms with Crippen molar-refractivity contribution in [2.45, 2.75) is 5.92 Å². The van der Waals surface area contributed by atoms with Crippen LogP contribution in [0.5, 0.6) is 0 Å². The predicted octanol–water partition coefficient (Wildman–Crippen LogP) is 2.98. The van der Waals surface area contributed by atoms with E-state index >= 15 is 0 Å². The van der Waals surface area contributed by atoms with Crippen LogP contribution >= 0.6 is 11.6 Å². The third kappa shape index (κ3) is 2.84. The predicted molar refractivity (Wildman–Crippen MR) is 83.2 cm³/mol. The van der Waals surface area contributed by atoms with E-state index in [0.717, 1.165) is 23.9 Å². The highest BCUT2D eigenvalue weighted by Crippen LogP contribution is 2.27. The summed E-state index contributed by atoms with van der Waals surface area (Å²) in [6.07, 6.45) is 0. The molecule has 1 aliphatic rings. The highest BCUT2D eigenvalue weighted by Gasteiger charge is 2.21. The van der Waals surface area contributed by atoms with Crippen LogP contribution in [0.3, 0.4) is 0 Å². The van der Waals surface area contributed by atoms with E-state index in [1.165, 1.54) is 11.1 Å². The van der Waals surface area contributed by atoms with Gasteiger partial charge in [0.25, 0.3) is 0 Å². The molecule has 20 heavy (non-hydrogen) atoms. The van der Waals surface area contributed by atoms with E-state index in [1.54, 1.807) is 0 Å². The van der Waals surface area contributed by atoms with Crippen molar-refractivity contribution in [3.63, 3.8) is 0 Å². The Balaban J connectivity index is 2.03. The zero-order valence-corrected chi connectivity index (χ0v) is 11.8. The van der Waals surface area contributed by atoms with Gasteiger partial charge in [0.2, 0.25) is 0 Å². The zero-order valence-electron chi connectivity index (χ0n) is 11.0. The van der Waals surface area contributed by atoms with E-state index in [9.17, 15) is 0 Å². The third-order valence-electron chi connectivity index (χ3n) is 3.35. The summed E-state index contributed by atoms with van der Waals surface area (Å²) in [4.78, 5) is 4.62. The van der Waals surface area contributed by atoms with Crippen LogP contribution in [0, 0.1) is 0 Å². The van der Waals surface area contributed by atoms with E-state index in [1.807, 2.05) is 18.2 Å². The van der Waals surface area contributed by atoms with Crippen LogP contribution in [-0.4, -0.2) is 18.9 Å². The van der Waals surface area contributed by atoms with Gasteiger partial charge in [0.05, 0.1) is 12.5 Å². The summed E-state index contributed by atoms with van der Waals surface area (Å²) in [6, 6.07) is 18.3. The number of halogens is 1. The number of amidine groups is 1. The average Bonchev–Trinajstić information content (AvgIpc) is 2.52. The van der Waals surface area contributed by atoms with Crippen LogP contribution in [0.15, 0.2) is 59.6 Å². The maximum atomic E-state index is 5.99. The Labute approximate surface area is 123 Å². The number of rotatable bonds is 3. The summed E-state index contributed by atoms with van der Waals surface area (Å²) >= 11 is 5.99. The molecule has 102 valence electrons. The van der Waals surface area contributed by atoms with Crippen molar-refractivity contribution in [2.75, 3.05) is 13.1 Å². The molecule has 0 amide bonds. The molecule has 2 aromatic carbocycles. The van der Waals surface area contributed by atoms with Gasteiger partial charge in [0, 0.05) is 11.6 Å². The molecule has 1 heterocycles. The van der Waals surface area contributed by atoms with Gasteiger partial charge >= 0.3 is 0 Å². The first kappa shape index (κ1) is 13.2. The molecule has 1 atom stereocenters. The highest BCUT2D eigenvalue weighted by atomic mass is 35.5. The molecule has 0 saturated heterocycles. The second kappa shape index (κ2) is 6.07. The molecule has 0 fully saturated rings. The summed E-state index contributed by atoms with van der Waals surface area (Å²) in [7, 11) is 0. The monoisotopic (exact) mass is 285 g/mol. The van der Waals surface area contributed by atoms with Gasteiger partial charge in [-0.2, -0.15) is 0 Å². The van der Waals surface area contributed by atoms with Crippen LogP contribution < -0.4 is 10.9 Å². The number of hydrogen-bond acceptors (Lipinski definition) is 3. The quantitative estimate of drug-likeness (QED) is 0.910. The van der Waals surface area contributed by atoms with Crippen molar-refractivity contribution in [1.29, 1.82) is 0 Å². The van der Waals surface area contributed by atoms with Gasteiger partial charge in [-0.25, -0.2) is 5.43 Å². The van der Waals surface area contributed by atoms with Crippen molar-refractivity contribution in [3.05, 3.63) is 70.7 Å². The average molecular weight is 286 g/mol. The molecule has 2 aromatic rings. The minimum Gasteiger partial charge on any atom is -0.309 e. The summed E-state index contributed by atoms with van der Waals surface area (Å²) < 4.78 is 0. The molecule has 3 rings (SSSR count). The van der Waals surface area contributed by atoms with Crippen molar-refractivity contribution in [1.82, 2.24) is 10.9 Å². The standard InChI is InChI=1S/C16H16ClN3/c17-14-8-6-13(7-9-14)15(12-4-2-1-3-5-12)16-18-10-11-19-20-16/h1-9,15,19H,10-11H2,(H,18,20)/t15-/m0/s1. The molecule has 0 spiro atoms. The second-order valence-electron chi connectivity index (χ2n) is 4.71.